The second kappa shape index (κ2) is 7.30. The lowest BCUT2D eigenvalue weighted by molar-refractivity contribution is 0.0597. The highest BCUT2D eigenvalue weighted by Crippen LogP contribution is 2.25. The van der Waals surface area contributed by atoms with Gasteiger partial charge in [-0.2, -0.15) is 0 Å². The van der Waals surface area contributed by atoms with Gasteiger partial charge in [-0.05, 0) is 49.0 Å². The molecular weight excluding hydrogens is 322 g/mol. The molecule has 0 unspecified atom stereocenters. The Morgan fingerprint density at radius 2 is 2.08 bits per heavy atom. The first-order valence-corrected chi connectivity index (χ1v) is 9.20. The van der Waals surface area contributed by atoms with E-state index in [0.29, 0.717) is 4.88 Å². The molecule has 1 aliphatic heterocycles. The molecule has 0 N–H and O–H groups in total. The molecule has 0 aliphatic carbocycles. The van der Waals surface area contributed by atoms with Gasteiger partial charge in [0, 0.05) is 25.9 Å². The van der Waals surface area contributed by atoms with E-state index in [4.69, 9.17) is 4.74 Å². The number of piperidine rings is 1. The molecule has 2 heterocycles. The SMILES string of the molecule is CCc1nnsc1C(=O)N1CCC(Oc2cc(C)ccc2C)CC1. The summed E-state index contributed by atoms with van der Waals surface area (Å²) in [7, 11) is 0. The third kappa shape index (κ3) is 3.59. The number of carbonyl (C=O) groups excluding carboxylic acids is 1. The molecule has 1 amide bonds. The molecule has 1 aromatic carbocycles. The van der Waals surface area contributed by atoms with Crippen molar-refractivity contribution in [3.63, 3.8) is 0 Å². The monoisotopic (exact) mass is 345 g/mol. The normalized spacial score (nSPS) is 15.5. The van der Waals surface area contributed by atoms with Gasteiger partial charge in [0.1, 0.15) is 16.7 Å². The van der Waals surface area contributed by atoms with Crippen LogP contribution in [0, 0.1) is 13.8 Å². The summed E-state index contributed by atoms with van der Waals surface area (Å²) >= 11 is 1.20. The van der Waals surface area contributed by atoms with Crippen LogP contribution >= 0.6 is 11.5 Å². The number of aryl methyl sites for hydroxylation is 3. The largest absolute Gasteiger partial charge is 0.490 e. The van der Waals surface area contributed by atoms with E-state index in [1.165, 1.54) is 17.1 Å². The minimum Gasteiger partial charge on any atom is -0.490 e. The Kier molecular flexibility index (Phi) is 5.14. The van der Waals surface area contributed by atoms with E-state index < -0.39 is 0 Å². The van der Waals surface area contributed by atoms with Crippen molar-refractivity contribution in [3.8, 4) is 5.75 Å². The fourth-order valence-electron chi connectivity index (χ4n) is 2.94. The molecule has 5 nitrogen and oxygen atoms in total. The van der Waals surface area contributed by atoms with Crippen molar-refractivity contribution in [2.75, 3.05) is 13.1 Å². The van der Waals surface area contributed by atoms with Crippen molar-refractivity contribution < 1.29 is 9.53 Å². The Hall–Kier alpha value is -1.95. The molecule has 0 bridgehead atoms. The molecule has 1 fully saturated rings. The van der Waals surface area contributed by atoms with Crippen molar-refractivity contribution in [2.45, 2.75) is 46.1 Å². The minimum atomic E-state index is 0.0621. The Balaban J connectivity index is 1.59. The fraction of sp³-hybridized carbons (Fsp3) is 0.500. The van der Waals surface area contributed by atoms with Gasteiger partial charge in [-0.3, -0.25) is 4.79 Å². The molecule has 0 spiro atoms. The quantitative estimate of drug-likeness (QED) is 0.852. The third-order valence-electron chi connectivity index (χ3n) is 4.45. The van der Waals surface area contributed by atoms with Gasteiger partial charge >= 0.3 is 0 Å². The number of ether oxygens (including phenoxy) is 1. The Morgan fingerprint density at radius 3 is 2.79 bits per heavy atom. The average molecular weight is 345 g/mol. The summed E-state index contributed by atoms with van der Waals surface area (Å²) in [4.78, 5) is 15.2. The first-order valence-electron chi connectivity index (χ1n) is 8.43. The predicted octanol–water partition coefficient (Wildman–Crippen LogP) is 3.40. The van der Waals surface area contributed by atoms with Gasteiger partial charge in [0.2, 0.25) is 0 Å². The molecule has 1 aromatic heterocycles. The van der Waals surface area contributed by atoms with Crippen molar-refractivity contribution in [1.29, 1.82) is 0 Å². The maximum absolute atomic E-state index is 12.6. The van der Waals surface area contributed by atoms with Crippen LogP contribution in [0.15, 0.2) is 18.2 Å². The standard InChI is InChI=1S/C18H23N3O2S/c1-4-15-17(24-20-19-15)18(22)21-9-7-14(8-10-21)23-16-11-12(2)5-6-13(16)3/h5-6,11,14H,4,7-10H2,1-3H3. The van der Waals surface area contributed by atoms with Crippen LogP contribution in [0.4, 0.5) is 0 Å². The van der Waals surface area contributed by atoms with Gasteiger partial charge in [-0.1, -0.05) is 23.5 Å². The average Bonchev–Trinajstić information content (AvgIpc) is 3.07. The summed E-state index contributed by atoms with van der Waals surface area (Å²) in [5.41, 5.74) is 3.16. The van der Waals surface area contributed by atoms with E-state index in [1.54, 1.807) is 0 Å². The maximum Gasteiger partial charge on any atom is 0.267 e. The summed E-state index contributed by atoms with van der Waals surface area (Å²) in [5, 5.41) is 4.04. The lowest BCUT2D eigenvalue weighted by atomic mass is 10.1. The highest BCUT2D eigenvalue weighted by atomic mass is 32.1. The molecule has 2 aromatic rings. The first kappa shape index (κ1) is 16.9. The number of likely N-dealkylation sites (tertiary alicyclic amines) is 1. The Morgan fingerprint density at radius 1 is 1.33 bits per heavy atom. The third-order valence-corrected chi connectivity index (χ3v) is 5.21. The van der Waals surface area contributed by atoms with Gasteiger partial charge in [0.15, 0.2) is 0 Å². The van der Waals surface area contributed by atoms with Crippen LogP contribution in [-0.2, 0) is 6.42 Å². The van der Waals surface area contributed by atoms with E-state index in [0.717, 1.165) is 49.4 Å². The number of carbonyl (C=O) groups is 1. The number of rotatable bonds is 4. The van der Waals surface area contributed by atoms with E-state index in [2.05, 4.69) is 41.6 Å². The van der Waals surface area contributed by atoms with Crippen molar-refractivity contribution in [2.24, 2.45) is 0 Å². The molecule has 0 saturated carbocycles. The van der Waals surface area contributed by atoms with Gasteiger partial charge in [0.25, 0.3) is 5.91 Å². The van der Waals surface area contributed by atoms with Crippen LogP contribution in [0.5, 0.6) is 5.75 Å². The van der Waals surface area contributed by atoms with Crippen LogP contribution < -0.4 is 4.74 Å². The lowest BCUT2D eigenvalue weighted by Gasteiger charge is -2.32. The minimum absolute atomic E-state index is 0.0621. The topological polar surface area (TPSA) is 55.3 Å². The summed E-state index contributed by atoms with van der Waals surface area (Å²) in [5.74, 6) is 1.02. The summed E-state index contributed by atoms with van der Waals surface area (Å²) in [6.07, 6.45) is 2.61. The first-order chi connectivity index (χ1) is 11.6. The molecule has 128 valence electrons. The summed E-state index contributed by atoms with van der Waals surface area (Å²) in [6, 6.07) is 6.27. The van der Waals surface area contributed by atoms with Crippen molar-refractivity contribution in [1.82, 2.24) is 14.5 Å². The van der Waals surface area contributed by atoms with Crippen LogP contribution in [0.1, 0.15) is 46.3 Å². The van der Waals surface area contributed by atoms with Crippen LogP contribution in [0.3, 0.4) is 0 Å². The number of amides is 1. The van der Waals surface area contributed by atoms with E-state index in [1.807, 2.05) is 11.8 Å². The number of nitrogens with zero attached hydrogens (tertiary/aromatic N) is 3. The van der Waals surface area contributed by atoms with E-state index >= 15 is 0 Å². The summed E-state index contributed by atoms with van der Waals surface area (Å²) in [6.45, 7) is 7.57. The van der Waals surface area contributed by atoms with Gasteiger partial charge in [0.05, 0.1) is 5.69 Å². The van der Waals surface area contributed by atoms with Crippen LogP contribution in [-0.4, -0.2) is 39.6 Å². The van der Waals surface area contributed by atoms with Crippen LogP contribution in [0.25, 0.3) is 0 Å². The zero-order valence-electron chi connectivity index (χ0n) is 14.4. The predicted molar refractivity (Wildman–Crippen MR) is 94.8 cm³/mol. The smallest absolute Gasteiger partial charge is 0.267 e. The number of benzene rings is 1. The highest BCUT2D eigenvalue weighted by Gasteiger charge is 2.27. The Bertz CT molecular complexity index is 721. The second-order valence-electron chi connectivity index (χ2n) is 6.28. The molecule has 1 saturated heterocycles. The number of hydrogen-bond acceptors (Lipinski definition) is 5. The fourth-order valence-corrected chi connectivity index (χ4v) is 3.66. The highest BCUT2D eigenvalue weighted by molar-refractivity contribution is 7.08. The zero-order valence-corrected chi connectivity index (χ0v) is 15.2. The summed E-state index contributed by atoms with van der Waals surface area (Å²) < 4.78 is 10.1. The molecule has 0 atom stereocenters. The van der Waals surface area contributed by atoms with E-state index in [9.17, 15) is 4.79 Å². The van der Waals surface area contributed by atoms with Crippen molar-refractivity contribution >= 4 is 17.4 Å². The van der Waals surface area contributed by atoms with E-state index in [-0.39, 0.29) is 12.0 Å². The van der Waals surface area contributed by atoms with Gasteiger partial charge in [-0.15, -0.1) is 5.10 Å². The second-order valence-corrected chi connectivity index (χ2v) is 7.03. The molecule has 3 rings (SSSR count). The maximum atomic E-state index is 12.6. The molecule has 6 heteroatoms. The molecule has 24 heavy (non-hydrogen) atoms. The zero-order chi connectivity index (χ0) is 17.1. The Labute approximate surface area is 146 Å². The number of hydrogen-bond donors (Lipinski definition) is 0. The molecule has 0 radical (unpaired) electrons. The van der Waals surface area contributed by atoms with Gasteiger partial charge in [-0.25, -0.2) is 0 Å². The number of aromatic nitrogens is 2. The van der Waals surface area contributed by atoms with Gasteiger partial charge < -0.3 is 9.64 Å². The lowest BCUT2D eigenvalue weighted by Crippen LogP contribution is -2.41. The van der Waals surface area contributed by atoms with Crippen molar-refractivity contribution in [3.05, 3.63) is 39.9 Å². The molecule has 1 aliphatic rings. The molecular formula is C18H23N3O2S. The van der Waals surface area contributed by atoms with Crippen LogP contribution in [0.2, 0.25) is 0 Å².